The van der Waals surface area contributed by atoms with E-state index in [-0.39, 0.29) is 6.42 Å². The molecule has 0 radical (unpaired) electrons. The van der Waals surface area contributed by atoms with Gasteiger partial charge in [-0.1, -0.05) is 83.1 Å². The van der Waals surface area contributed by atoms with Crippen LogP contribution in [0.3, 0.4) is 0 Å². The van der Waals surface area contributed by atoms with Crippen molar-refractivity contribution in [3.63, 3.8) is 0 Å². The van der Waals surface area contributed by atoms with Crippen LogP contribution in [0.25, 0.3) is 0 Å². The molecule has 1 fully saturated rings. The van der Waals surface area contributed by atoms with E-state index in [0.29, 0.717) is 32.8 Å². The Kier molecular flexibility index (Phi) is 23.2. The Morgan fingerprint density at radius 1 is 0.868 bits per heavy atom. The minimum absolute atomic E-state index is 0.279. The Bertz CT molecular complexity index is 1140. The predicted octanol–water partition coefficient (Wildman–Crippen LogP) is 8.47. The van der Waals surface area contributed by atoms with Gasteiger partial charge < -0.3 is 33.5 Å². The molecule has 53 heavy (non-hydrogen) atoms. The second-order valence-electron chi connectivity index (χ2n) is 15.4. The standard InChI is InChI=1S/C43H73NO9/c1-8-10-12-16-19-27-43(51-31-32-52-43)28-20-17-14-13-15-18-21-36(37(26-30-48-6)40(46)53-42(3,4)5)39(45)44-38(41(47)49-7)33-34-22-24-35(25-23-34)50-29-11-9-2/h18,21-25,36-39,44-45H,8-17,19-20,26-33H2,1-7H3/b21-18+/t36-,37?,38?,39?/m0/s1. The lowest BCUT2D eigenvalue weighted by molar-refractivity contribution is -0.168. The maximum Gasteiger partial charge on any atom is 0.323 e. The third kappa shape index (κ3) is 19.1. The average molecular weight is 748 g/mol. The second kappa shape index (κ2) is 26.3. The first kappa shape index (κ1) is 46.7. The molecule has 1 aliphatic rings. The molecule has 304 valence electrons. The highest BCUT2D eigenvalue weighted by atomic mass is 16.7. The molecule has 3 unspecified atom stereocenters. The molecular weight excluding hydrogens is 674 g/mol. The maximum absolute atomic E-state index is 13.6. The van der Waals surface area contributed by atoms with Crippen molar-refractivity contribution in [3.8, 4) is 5.75 Å². The topological polar surface area (TPSA) is 122 Å². The van der Waals surface area contributed by atoms with E-state index in [0.717, 1.165) is 75.5 Å². The molecular formula is C43H73NO9. The third-order valence-corrected chi connectivity index (χ3v) is 9.67. The maximum atomic E-state index is 13.6. The highest BCUT2D eigenvalue weighted by Crippen LogP contribution is 2.32. The zero-order valence-electron chi connectivity index (χ0n) is 34.1. The van der Waals surface area contributed by atoms with E-state index >= 15 is 0 Å². The van der Waals surface area contributed by atoms with Crippen LogP contribution in [-0.2, 0) is 39.7 Å². The molecule has 1 saturated heterocycles. The van der Waals surface area contributed by atoms with Crippen molar-refractivity contribution in [1.29, 1.82) is 0 Å². The van der Waals surface area contributed by atoms with E-state index in [1.807, 2.05) is 57.2 Å². The Balaban J connectivity index is 2.09. The molecule has 1 heterocycles. The number of carbonyl (C=O) groups is 2. The average Bonchev–Trinajstić information content (AvgIpc) is 3.59. The number of aliphatic hydroxyl groups excluding tert-OH is 1. The van der Waals surface area contributed by atoms with Gasteiger partial charge in [0.1, 0.15) is 23.6 Å². The molecule has 1 aliphatic heterocycles. The fraction of sp³-hybridized carbons (Fsp3) is 0.767. The number of hydrogen-bond acceptors (Lipinski definition) is 10. The lowest BCUT2D eigenvalue weighted by Gasteiger charge is -2.32. The largest absolute Gasteiger partial charge is 0.494 e. The summed E-state index contributed by atoms with van der Waals surface area (Å²) in [6.45, 7) is 12.1. The van der Waals surface area contributed by atoms with Gasteiger partial charge in [0.15, 0.2) is 5.79 Å². The van der Waals surface area contributed by atoms with Crippen molar-refractivity contribution < 1.29 is 43.1 Å². The summed E-state index contributed by atoms with van der Waals surface area (Å²) in [5.74, 6) is -1.97. The summed E-state index contributed by atoms with van der Waals surface area (Å²) in [5, 5.41) is 14.8. The molecule has 2 N–H and O–H groups in total. The van der Waals surface area contributed by atoms with Gasteiger partial charge in [0, 0.05) is 32.5 Å². The first-order valence-electron chi connectivity index (χ1n) is 20.4. The van der Waals surface area contributed by atoms with Crippen LogP contribution in [0.15, 0.2) is 36.4 Å². The molecule has 10 nitrogen and oxygen atoms in total. The number of benzene rings is 1. The Morgan fingerprint density at radius 3 is 2.08 bits per heavy atom. The van der Waals surface area contributed by atoms with Gasteiger partial charge >= 0.3 is 11.9 Å². The lowest BCUT2D eigenvalue weighted by Crippen LogP contribution is -2.50. The van der Waals surface area contributed by atoms with E-state index in [2.05, 4.69) is 19.2 Å². The van der Waals surface area contributed by atoms with Crippen LogP contribution in [0, 0.1) is 11.8 Å². The Morgan fingerprint density at radius 2 is 1.49 bits per heavy atom. The zero-order chi connectivity index (χ0) is 39.0. The van der Waals surface area contributed by atoms with Crippen molar-refractivity contribution in [1.82, 2.24) is 5.32 Å². The molecule has 1 aromatic carbocycles. The molecule has 2 rings (SSSR count). The van der Waals surface area contributed by atoms with Gasteiger partial charge in [0.25, 0.3) is 0 Å². The minimum atomic E-state index is -1.24. The van der Waals surface area contributed by atoms with Crippen molar-refractivity contribution in [2.45, 2.75) is 161 Å². The molecule has 1 aromatic rings. The quantitative estimate of drug-likeness (QED) is 0.0357. The third-order valence-electron chi connectivity index (χ3n) is 9.67. The summed E-state index contributed by atoms with van der Waals surface area (Å²) >= 11 is 0. The molecule has 0 saturated carbocycles. The molecule has 0 amide bonds. The summed E-state index contributed by atoms with van der Waals surface area (Å²) in [4.78, 5) is 26.6. The van der Waals surface area contributed by atoms with E-state index in [1.165, 1.54) is 32.8 Å². The van der Waals surface area contributed by atoms with E-state index in [9.17, 15) is 14.7 Å². The summed E-state index contributed by atoms with van der Waals surface area (Å²) in [6.07, 6.45) is 18.3. The van der Waals surface area contributed by atoms with Gasteiger partial charge in [-0.25, -0.2) is 0 Å². The first-order chi connectivity index (χ1) is 25.5. The number of rotatable bonds is 29. The van der Waals surface area contributed by atoms with E-state index in [1.54, 1.807) is 7.11 Å². The van der Waals surface area contributed by atoms with Crippen LogP contribution < -0.4 is 10.1 Å². The van der Waals surface area contributed by atoms with Crippen molar-refractivity contribution in [2.24, 2.45) is 11.8 Å². The number of methoxy groups -OCH3 is 2. The molecule has 0 bridgehead atoms. The molecule has 0 aromatic heterocycles. The predicted molar refractivity (Wildman–Crippen MR) is 210 cm³/mol. The van der Waals surface area contributed by atoms with Crippen LogP contribution in [0.4, 0.5) is 0 Å². The van der Waals surface area contributed by atoms with E-state index in [4.69, 9.17) is 28.4 Å². The number of allylic oxidation sites excluding steroid dienone is 1. The van der Waals surface area contributed by atoms with Crippen LogP contribution in [0.5, 0.6) is 5.75 Å². The normalized spacial score (nSPS) is 16.7. The van der Waals surface area contributed by atoms with Crippen LogP contribution in [0.1, 0.15) is 136 Å². The lowest BCUT2D eigenvalue weighted by atomic mass is 9.86. The SMILES string of the molecule is CCCCCCCC1(CCCCCC/C=C/[C@H](C(O)NC(Cc2ccc(OCCCC)cc2)C(=O)OC)C(CCOC)C(=O)OC(C)(C)C)OCCO1. The molecule has 0 aliphatic carbocycles. The van der Waals surface area contributed by atoms with Crippen LogP contribution >= 0.6 is 0 Å². The molecule has 4 atom stereocenters. The van der Waals surface area contributed by atoms with Crippen molar-refractivity contribution in [2.75, 3.05) is 40.6 Å². The van der Waals surface area contributed by atoms with Gasteiger partial charge in [-0.05, 0) is 83.4 Å². The highest BCUT2D eigenvalue weighted by molar-refractivity contribution is 5.76. The Labute approximate surface area is 321 Å². The number of nitrogens with one attached hydrogen (secondary N) is 1. The number of unbranched alkanes of at least 4 members (excludes halogenated alkanes) is 9. The van der Waals surface area contributed by atoms with Crippen molar-refractivity contribution in [3.05, 3.63) is 42.0 Å². The van der Waals surface area contributed by atoms with Crippen molar-refractivity contribution >= 4 is 11.9 Å². The highest BCUT2D eigenvalue weighted by Gasteiger charge is 2.37. The number of ether oxygens (including phenoxy) is 6. The summed E-state index contributed by atoms with van der Waals surface area (Å²) in [5.41, 5.74) is 0.167. The summed E-state index contributed by atoms with van der Waals surface area (Å²) in [7, 11) is 2.91. The molecule has 10 heteroatoms. The number of esters is 2. The smallest absolute Gasteiger partial charge is 0.323 e. The number of carbonyl (C=O) groups excluding carboxylic acids is 2. The van der Waals surface area contributed by atoms with Crippen LogP contribution in [0.2, 0.25) is 0 Å². The summed E-state index contributed by atoms with van der Waals surface area (Å²) < 4.78 is 34.3. The van der Waals surface area contributed by atoms with Gasteiger partial charge in [-0.2, -0.15) is 0 Å². The van der Waals surface area contributed by atoms with E-state index < -0.39 is 47.4 Å². The van der Waals surface area contributed by atoms with Gasteiger partial charge in [0.2, 0.25) is 0 Å². The van der Waals surface area contributed by atoms with Gasteiger partial charge in [-0.15, -0.1) is 0 Å². The second-order valence-corrected chi connectivity index (χ2v) is 15.4. The van der Waals surface area contributed by atoms with Gasteiger partial charge in [0.05, 0.1) is 32.8 Å². The number of hydrogen-bond donors (Lipinski definition) is 2. The Hall–Kier alpha value is -2.50. The van der Waals surface area contributed by atoms with Gasteiger partial charge in [-0.3, -0.25) is 14.9 Å². The first-order valence-corrected chi connectivity index (χ1v) is 20.4. The summed E-state index contributed by atoms with van der Waals surface area (Å²) in [6, 6.07) is 6.73. The fourth-order valence-corrected chi connectivity index (χ4v) is 6.68. The monoisotopic (exact) mass is 748 g/mol. The minimum Gasteiger partial charge on any atom is -0.494 e. The number of aliphatic hydroxyl groups is 1. The fourth-order valence-electron chi connectivity index (χ4n) is 6.68. The molecule has 0 spiro atoms. The zero-order valence-corrected chi connectivity index (χ0v) is 34.1. The van der Waals surface area contributed by atoms with Crippen LogP contribution in [-0.4, -0.2) is 81.4 Å².